The highest BCUT2D eigenvalue weighted by Crippen LogP contribution is 2.39. The number of fused-ring (bicyclic) bond motifs is 1. The second-order valence-electron chi connectivity index (χ2n) is 11.6. The Morgan fingerprint density at radius 3 is 2.56 bits per heavy atom. The summed E-state index contributed by atoms with van der Waals surface area (Å²) in [7, 11) is 0. The number of benzene rings is 1. The van der Waals surface area contributed by atoms with E-state index in [1.54, 1.807) is 29.3 Å². The van der Waals surface area contributed by atoms with Crippen LogP contribution in [0.2, 0.25) is 5.02 Å². The molecule has 4 heterocycles. The van der Waals surface area contributed by atoms with E-state index in [1.165, 1.54) is 29.7 Å². The second-order valence-corrected chi connectivity index (χ2v) is 12.1. The van der Waals surface area contributed by atoms with Gasteiger partial charge in [0.05, 0.1) is 38.7 Å². The van der Waals surface area contributed by atoms with Gasteiger partial charge in [-0.15, -0.1) is 0 Å². The van der Waals surface area contributed by atoms with Crippen LogP contribution < -0.4 is 15.9 Å². The van der Waals surface area contributed by atoms with E-state index in [2.05, 4.69) is 21.9 Å². The topological polar surface area (TPSA) is 113 Å². The highest BCUT2D eigenvalue weighted by molar-refractivity contribution is 6.34. The van der Waals surface area contributed by atoms with Crippen LogP contribution >= 0.6 is 11.6 Å². The predicted molar refractivity (Wildman–Crippen MR) is 175 cm³/mol. The van der Waals surface area contributed by atoms with Crippen LogP contribution in [0.4, 0.5) is 15.9 Å². The first-order valence-electron chi connectivity index (χ1n) is 14.7. The predicted octanol–water partition coefficient (Wildman–Crippen LogP) is 5.64. The summed E-state index contributed by atoms with van der Waals surface area (Å²) in [4.78, 5) is 56.4. The van der Waals surface area contributed by atoms with Gasteiger partial charge in [-0.2, -0.15) is 4.98 Å². The molecule has 0 radical (unpaired) electrons. The Bertz CT molecular complexity index is 1910. The fraction of sp³-hybridized carbons (Fsp3) is 0.333. The summed E-state index contributed by atoms with van der Waals surface area (Å²) in [6.45, 7) is 15.4. The number of aryl methyl sites for hydroxylation is 1. The van der Waals surface area contributed by atoms with Crippen molar-refractivity contribution in [3.05, 3.63) is 81.8 Å². The highest BCUT2D eigenvalue weighted by atomic mass is 35.5. The summed E-state index contributed by atoms with van der Waals surface area (Å²) < 4.78 is 16.9. The SMILES string of the molecule is C=CC(=O)N1CC(C)N(c2nc(=O)n(-c3c(C)ccnc3C(C)C)c3nc(-c4c(F)cccc4NC(C)=O)c(Cl)cc23)CC1C. The largest absolute Gasteiger partial charge is 0.355 e. The van der Waals surface area contributed by atoms with Gasteiger partial charge in [-0.1, -0.05) is 38.1 Å². The number of nitrogens with one attached hydrogen (secondary N) is 1. The minimum atomic E-state index is -0.649. The molecule has 5 rings (SSSR count). The molecule has 12 heteroatoms. The molecule has 3 aromatic heterocycles. The molecule has 1 aliphatic heterocycles. The van der Waals surface area contributed by atoms with Crippen LogP contribution in [0, 0.1) is 12.7 Å². The number of nitrogens with zero attached hydrogens (tertiary/aromatic N) is 6. The molecule has 10 nitrogen and oxygen atoms in total. The third kappa shape index (κ3) is 5.80. The number of piperazine rings is 1. The van der Waals surface area contributed by atoms with Gasteiger partial charge in [0, 0.05) is 38.3 Å². The van der Waals surface area contributed by atoms with Crippen LogP contribution in [0.1, 0.15) is 51.8 Å². The Kier molecular flexibility index (Phi) is 8.75. The Labute approximate surface area is 265 Å². The van der Waals surface area contributed by atoms with Crippen LogP contribution in [-0.2, 0) is 9.59 Å². The van der Waals surface area contributed by atoms with Crippen LogP contribution in [0.5, 0.6) is 0 Å². The third-order valence-corrected chi connectivity index (χ3v) is 8.29. The van der Waals surface area contributed by atoms with Gasteiger partial charge in [-0.25, -0.2) is 18.7 Å². The minimum Gasteiger partial charge on any atom is -0.349 e. The van der Waals surface area contributed by atoms with Gasteiger partial charge in [0.15, 0.2) is 5.65 Å². The number of rotatable bonds is 6. The molecule has 2 amide bonds. The van der Waals surface area contributed by atoms with E-state index >= 15 is 4.39 Å². The molecule has 2 atom stereocenters. The molecule has 1 aromatic carbocycles. The number of carbonyl (C=O) groups is 2. The summed E-state index contributed by atoms with van der Waals surface area (Å²) in [6, 6.07) is 7.28. The summed E-state index contributed by atoms with van der Waals surface area (Å²) in [5.74, 6) is -0.927. The van der Waals surface area contributed by atoms with Crippen LogP contribution in [0.15, 0.2) is 54.0 Å². The summed E-state index contributed by atoms with van der Waals surface area (Å²) in [6.07, 6.45) is 2.98. The number of amides is 2. The molecule has 1 aliphatic rings. The molecule has 2 unspecified atom stereocenters. The number of halogens is 2. The van der Waals surface area contributed by atoms with Crippen molar-refractivity contribution in [2.24, 2.45) is 0 Å². The van der Waals surface area contributed by atoms with Crippen molar-refractivity contribution in [2.45, 2.75) is 59.5 Å². The van der Waals surface area contributed by atoms with Crippen molar-refractivity contribution in [3.63, 3.8) is 0 Å². The number of pyridine rings is 2. The van der Waals surface area contributed by atoms with Gasteiger partial charge in [-0.3, -0.25) is 14.6 Å². The van der Waals surface area contributed by atoms with Gasteiger partial charge in [0.2, 0.25) is 11.8 Å². The molecule has 1 fully saturated rings. The standard InChI is InChI=1S/C33H35ClFN7O3/c1-8-26(44)40-15-20(6)41(16-19(40)5)31-22-14-23(34)29(27-24(35)10-9-11-25(27)37-21(7)43)38-32(22)42(33(45)39-31)30-18(4)12-13-36-28(30)17(2)3/h8-14,17,19-20H,1,15-16H2,2-7H3,(H,37,43). The van der Waals surface area contributed by atoms with Gasteiger partial charge < -0.3 is 15.1 Å². The monoisotopic (exact) mass is 631 g/mol. The number of hydrogen-bond donors (Lipinski definition) is 1. The average Bonchev–Trinajstić information content (AvgIpc) is 2.97. The third-order valence-electron chi connectivity index (χ3n) is 8.00. The Morgan fingerprint density at radius 1 is 1.16 bits per heavy atom. The fourth-order valence-corrected chi connectivity index (χ4v) is 6.14. The van der Waals surface area contributed by atoms with Gasteiger partial charge in [0.25, 0.3) is 0 Å². The van der Waals surface area contributed by atoms with Crippen molar-refractivity contribution in [1.82, 2.24) is 24.4 Å². The van der Waals surface area contributed by atoms with Crippen molar-refractivity contribution in [3.8, 4) is 16.9 Å². The highest BCUT2D eigenvalue weighted by Gasteiger charge is 2.34. The van der Waals surface area contributed by atoms with Crippen molar-refractivity contribution in [2.75, 3.05) is 23.3 Å². The van der Waals surface area contributed by atoms with Crippen LogP contribution in [-0.4, -0.2) is 61.4 Å². The average molecular weight is 632 g/mol. The van der Waals surface area contributed by atoms with Gasteiger partial charge >= 0.3 is 5.69 Å². The Morgan fingerprint density at radius 2 is 1.89 bits per heavy atom. The van der Waals surface area contributed by atoms with Gasteiger partial charge in [0.1, 0.15) is 11.6 Å². The van der Waals surface area contributed by atoms with E-state index in [0.717, 1.165) is 5.56 Å². The molecular weight excluding hydrogens is 597 g/mol. The molecule has 1 saturated heterocycles. The second kappa shape index (κ2) is 12.4. The number of carbonyl (C=O) groups excluding carboxylic acids is 2. The molecule has 234 valence electrons. The minimum absolute atomic E-state index is 0.0116. The smallest absolute Gasteiger partial charge is 0.349 e. The summed E-state index contributed by atoms with van der Waals surface area (Å²) in [5.41, 5.74) is 1.78. The van der Waals surface area contributed by atoms with Crippen molar-refractivity contribution >= 4 is 46.0 Å². The number of anilines is 2. The molecule has 0 spiro atoms. The maximum Gasteiger partial charge on any atom is 0.355 e. The first-order valence-corrected chi connectivity index (χ1v) is 15.1. The number of aromatic nitrogens is 4. The van der Waals surface area contributed by atoms with E-state index in [4.69, 9.17) is 16.6 Å². The molecule has 4 aromatic rings. The van der Waals surface area contributed by atoms with Crippen LogP contribution in [0.25, 0.3) is 28.0 Å². The van der Waals surface area contributed by atoms with Crippen molar-refractivity contribution in [1.29, 1.82) is 0 Å². The molecule has 45 heavy (non-hydrogen) atoms. The first kappa shape index (κ1) is 31.8. The Balaban J connectivity index is 1.85. The van der Waals surface area contributed by atoms with Crippen molar-refractivity contribution < 1.29 is 14.0 Å². The lowest BCUT2D eigenvalue weighted by Gasteiger charge is -2.44. The van der Waals surface area contributed by atoms with E-state index in [0.29, 0.717) is 35.7 Å². The quantitative estimate of drug-likeness (QED) is 0.274. The first-order chi connectivity index (χ1) is 21.3. The van der Waals surface area contributed by atoms with E-state index in [9.17, 15) is 14.4 Å². The molecule has 0 aliphatic carbocycles. The maximum atomic E-state index is 15.5. The summed E-state index contributed by atoms with van der Waals surface area (Å²) in [5, 5.41) is 3.21. The zero-order valence-corrected chi connectivity index (χ0v) is 26.8. The fourth-order valence-electron chi connectivity index (χ4n) is 5.89. The lowest BCUT2D eigenvalue weighted by atomic mass is 10.0. The molecular formula is C33H35ClFN7O3. The molecule has 0 saturated carbocycles. The zero-order valence-electron chi connectivity index (χ0n) is 26.1. The lowest BCUT2D eigenvalue weighted by Crippen LogP contribution is -2.58. The van der Waals surface area contributed by atoms with E-state index in [-0.39, 0.29) is 51.5 Å². The van der Waals surface area contributed by atoms with Crippen LogP contribution in [0.3, 0.4) is 0 Å². The lowest BCUT2D eigenvalue weighted by molar-refractivity contribution is -0.128. The zero-order chi connectivity index (χ0) is 32.7. The maximum absolute atomic E-state index is 15.5. The number of hydrogen-bond acceptors (Lipinski definition) is 7. The molecule has 0 bridgehead atoms. The van der Waals surface area contributed by atoms with Gasteiger partial charge in [-0.05, 0) is 62.6 Å². The molecule has 1 N–H and O–H groups in total. The van der Waals surface area contributed by atoms with E-state index in [1.807, 2.05) is 39.5 Å². The Hall–Kier alpha value is -4.64. The summed E-state index contributed by atoms with van der Waals surface area (Å²) >= 11 is 6.88. The normalized spacial score (nSPS) is 16.7. The van der Waals surface area contributed by atoms with E-state index < -0.39 is 17.4 Å².